The zero-order valence-electron chi connectivity index (χ0n) is 24.7. The quantitative estimate of drug-likeness (QED) is 0.210. The molecule has 0 spiro atoms. The molecule has 0 atom stereocenters. The number of benzene rings is 4. The summed E-state index contributed by atoms with van der Waals surface area (Å²) in [6, 6.07) is 28.8. The van der Waals surface area contributed by atoms with Gasteiger partial charge in [0.25, 0.3) is 0 Å². The zero-order chi connectivity index (χ0) is 28.0. The first-order valence-electron chi connectivity index (χ1n) is 14.9. The standard InChI is InChI=1S/C40H39/c1-25(2)32-23-15-22-31-24-33-37(30-20-13-14-21-30)40(35(27(5)6)34(26(3)4)39(33)38(31)32)36(28-16-9-7-10-17-28)29-18-11-8-12-19-29/h7-20,22-23,25-27H,21H2,1-6H3. The van der Waals surface area contributed by atoms with Gasteiger partial charge in [0, 0.05) is 0 Å². The van der Waals surface area contributed by atoms with Gasteiger partial charge in [0.1, 0.15) is 0 Å². The molecule has 2 aliphatic carbocycles. The monoisotopic (exact) mass is 519 g/mol. The summed E-state index contributed by atoms with van der Waals surface area (Å²) in [6.07, 6.45) is 11.8. The molecule has 0 bridgehead atoms. The van der Waals surface area contributed by atoms with Crippen molar-refractivity contribution in [1.82, 2.24) is 0 Å². The molecule has 0 aromatic heterocycles. The number of allylic oxidation sites excluding steroid dienone is 4. The van der Waals surface area contributed by atoms with Crippen LogP contribution in [0.1, 0.15) is 105 Å². The molecular formula is C40H39. The predicted molar refractivity (Wildman–Crippen MR) is 171 cm³/mol. The Morgan fingerprint density at radius 3 is 1.80 bits per heavy atom. The SMILES string of the molecule is CC(C)c1c(C(C)C)c2c(c(C3=CC=CC3)c1=C(c1ccccc1)c1ccccc1)[C]=c1cccc(C(C)C)c1=2. The van der Waals surface area contributed by atoms with E-state index in [0.717, 1.165) is 6.42 Å². The summed E-state index contributed by atoms with van der Waals surface area (Å²) < 4.78 is 0. The van der Waals surface area contributed by atoms with Gasteiger partial charge in [-0.3, -0.25) is 0 Å². The molecule has 0 heteroatoms. The molecule has 4 aromatic carbocycles. The second-order valence-corrected chi connectivity index (χ2v) is 12.1. The normalized spacial score (nSPS) is 13.6. The zero-order valence-corrected chi connectivity index (χ0v) is 24.7. The molecule has 0 aliphatic heterocycles. The topological polar surface area (TPSA) is 0 Å². The minimum absolute atomic E-state index is 0.351. The molecule has 4 aromatic rings. The van der Waals surface area contributed by atoms with Crippen molar-refractivity contribution in [3.05, 3.63) is 157 Å². The van der Waals surface area contributed by atoms with Crippen molar-refractivity contribution in [3.63, 3.8) is 0 Å². The number of rotatable bonds is 6. The third-order valence-corrected chi connectivity index (χ3v) is 8.43. The van der Waals surface area contributed by atoms with Crippen molar-refractivity contribution >= 4 is 17.2 Å². The molecule has 40 heavy (non-hydrogen) atoms. The van der Waals surface area contributed by atoms with E-state index in [0.29, 0.717) is 17.8 Å². The molecule has 2 aliphatic rings. The largest absolute Gasteiger partial charge is 0.0801 e. The Balaban J connectivity index is 2.00. The van der Waals surface area contributed by atoms with E-state index in [1.807, 2.05) is 0 Å². The average Bonchev–Trinajstić information content (AvgIpc) is 3.61. The fourth-order valence-electron chi connectivity index (χ4n) is 6.82. The Labute approximate surface area is 239 Å². The Bertz CT molecular complexity index is 1820. The van der Waals surface area contributed by atoms with Gasteiger partial charge in [-0.05, 0) is 101 Å². The average molecular weight is 520 g/mol. The van der Waals surface area contributed by atoms with Crippen molar-refractivity contribution in [1.29, 1.82) is 0 Å². The fourth-order valence-corrected chi connectivity index (χ4v) is 6.82. The minimum atomic E-state index is 0.351. The molecule has 199 valence electrons. The molecule has 1 radical (unpaired) electrons. The van der Waals surface area contributed by atoms with E-state index in [1.165, 1.54) is 71.0 Å². The van der Waals surface area contributed by atoms with Crippen LogP contribution in [0.5, 0.6) is 0 Å². The van der Waals surface area contributed by atoms with Gasteiger partial charge < -0.3 is 0 Å². The summed E-state index contributed by atoms with van der Waals surface area (Å²) in [7, 11) is 0. The maximum atomic E-state index is 4.00. The third-order valence-electron chi connectivity index (χ3n) is 8.43. The lowest BCUT2D eigenvalue weighted by Crippen LogP contribution is -2.26. The van der Waals surface area contributed by atoms with Crippen LogP contribution in [-0.2, 0) is 0 Å². The van der Waals surface area contributed by atoms with Crippen molar-refractivity contribution in [2.45, 2.75) is 65.7 Å². The highest BCUT2D eigenvalue weighted by Crippen LogP contribution is 2.37. The third kappa shape index (κ3) is 4.31. The summed E-state index contributed by atoms with van der Waals surface area (Å²) in [5, 5.41) is 5.45. The molecule has 0 amide bonds. The Hall–Kier alpha value is -3.90. The van der Waals surface area contributed by atoms with Crippen molar-refractivity contribution < 1.29 is 0 Å². The van der Waals surface area contributed by atoms with E-state index >= 15 is 0 Å². The molecule has 0 saturated carbocycles. The lowest BCUT2D eigenvalue weighted by molar-refractivity contribution is 0.775. The van der Waals surface area contributed by atoms with Crippen molar-refractivity contribution in [2.24, 2.45) is 0 Å². The van der Waals surface area contributed by atoms with E-state index in [1.54, 1.807) is 0 Å². The predicted octanol–water partition coefficient (Wildman–Crippen LogP) is 8.95. The first kappa shape index (κ1) is 26.3. The maximum absolute atomic E-state index is 4.00. The lowest BCUT2D eigenvalue weighted by atomic mass is 9.78. The maximum Gasteiger partial charge on any atom is -0.000709 e. The van der Waals surface area contributed by atoms with Crippen LogP contribution in [0.4, 0.5) is 0 Å². The number of fused-ring (bicyclic) bond motifs is 2. The summed E-state index contributed by atoms with van der Waals surface area (Å²) in [6.45, 7) is 14.2. The highest BCUT2D eigenvalue weighted by molar-refractivity contribution is 5.88. The van der Waals surface area contributed by atoms with E-state index in [4.69, 9.17) is 0 Å². The van der Waals surface area contributed by atoms with Crippen LogP contribution >= 0.6 is 0 Å². The van der Waals surface area contributed by atoms with E-state index in [-0.39, 0.29) is 0 Å². The van der Waals surface area contributed by atoms with Gasteiger partial charge in [0.15, 0.2) is 0 Å². The van der Waals surface area contributed by atoms with Crippen LogP contribution in [-0.4, -0.2) is 0 Å². The van der Waals surface area contributed by atoms with Gasteiger partial charge in [0.2, 0.25) is 0 Å². The Morgan fingerprint density at radius 2 is 1.27 bits per heavy atom. The van der Waals surface area contributed by atoms with Crippen LogP contribution in [0.25, 0.3) is 17.2 Å². The molecule has 0 saturated heterocycles. The van der Waals surface area contributed by atoms with Gasteiger partial charge >= 0.3 is 0 Å². The van der Waals surface area contributed by atoms with Crippen LogP contribution < -0.4 is 10.4 Å². The highest BCUT2D eigenvalue weighted by Gasteiger charge is 2.27. The number of hydrogen-bond donors (Lipinski definition) is 0. The second-order valence-electron chi connectivity index (χ2n) is 12.1. The summed E-state index contributed by atoms with van der Waals surface area (Å²) in [5.74, 6) is 1.16. The number of hydrogen-bond acceptors (Lipinski definition) is 0. The highest BCUT2D eigenvalue weighted by atomic mass is 14.3. The molecular weight excluding hydrogens is 480 g/mol. The van der Waals surface area contributed by atoms with Crippen molar-refractivity contribution in [3.8, 4) is 0 Å². The van der Waals surface area contributed by atoms with Gasteiger partial charge in [-0.1, -0.05) is 139 Å². The molecule has 0 heterocycles. The molecule has 0 nitrogen and oxygen atoms in total. The van der Waals surface area contributed by atoms with Crippen LogP contribution in [0.15, 0.2) is 97.1 Å². The Morgan fingerprint density at radius 1 is 0.650 bits per heavy atom. The van der Waals surface area contributed by atoms with Gasteiger partial charge in [-0.25, -0.2) is 0 Å². The van der Waals surface area contributed by atoms with Crippen LogP contribution in [0.3, 0.4) is 0 Å². The van der Waals surface area contributed by atoms with Crippen LogP contribution in [0, 0.1) is 10.4 Å². The molecule has 6 rings (SSSR count). The lowest BCUT2D eigenvalue weighted by Gasteiger charge is -2.25. The second kappa shape index (κ2) is 10.6. The molecule has 0 unspecified atom stereocenters. The van der Waals surface area contributed by atoms with Gasteiger partial charge in [0.05, 0.1) is 0 Å². The van der Waals surface area contributed by atoms with Crippen molar-refractivity contribution in [2.75, 3.05) is 0 Å². The first-order valence-corrected chi connectivity index (χ1v) is 14.9. The smallest absolute Gasteiger partial charge is 0.000709 e. The van der Waals surface area contributed by atoms with Gasteiger partial charge in [-0.15, -0.1) is 0 Å². The Kier molecular flexibility index (Phi) is 6.97. The summed E-state index contributed by atoms with van der Waals surface area (Å²) in [4.78, 5) is 0. The molecule has 0 N–H and O–H groups in total. The minimum Gasteiger partial charge on any atom is -0.0801 e. The first-order chi connectivity index (χ1) is 19.4. The van der Waals surface area contributed by atoms with E-state index < -0.39 is 0 Å². The fraction of sp³-hybridized carbons (Fsp3) is 0.250. The van der Waals surface area contributed by atoms with Crippen LogP contribution in [0.2, 0.25) is 0 Å². The van der Waals surface area contributed by atoms with E-state index in [2.05, 4.69) is 145 Å². The summed E-state index contributed by atoms with van der Waals surface area (Å²) >= 11 is 0. The summed E-state index contributed by atoms with van der Waals surface area (Å²) in [5.41, 5.74) is 12.3. The van der Waals surface area contributed by atoms with E-state index in [9.17, 15) is 0 Å². The van der Waals surface area contributed by atoms with Gasteiger partial charge in [-0.2, -0.15) is 0 Å². The molecule has 0 fully saturated rings.